The van der Waals surface area contributed by atoms with Crippen LogP contribution >= 0.6 is 0 Å². The summed E-state index contributed by atoms with van der Waals surface area (Å²) in [5, 5.41) is 17.2. The maximum Gasteiger partial charge on any atom is 0.323 e. The number of carbonyl (C=O) groups is 2. The van der Waals surface area contributed by atoms with Crippen LogP contribution < -0.4 is 0 Å². The second kappa shape index (κ2) is 9.69. The van der Waals surface area contributed by atoms with Gasteiger partial charge in [0.05, 0.1) is 0 Å². The van der Waals surface area contributed by atoms with Crippen molar-refractivity contribution in [1.82, 2.24) is 4.90 Å². The average molecular weight is 243 g/mol. The molecule has 0 spiro atoms. The van der Waals surface area contributed by atoms with Gasteiger partial charge in [-0.1, -0.05) is 32.3 Å². The highest BCUT2D eigenvalue weighted by atomic mass is 16.4. The fourth-order valence-corrected chi connectivity index (χ4v) is 1.42. The molecule has 2 N–H and O–H groups in total. The number of hydrogen-bond acceptors (Lipinski definition) is 3. The SMILES string of the molecule is CCCCCC/C=C/N(CC(=O)O)CC(=O)O. The van der Waals surface area contributed by atoms with E-state index in [0.717, 1.165) is 19.3 Å². The zero-order chi connectivity index (χ0) is 13.1. The lowest BCUT2D eigenvalue weighted by Crippen LogP contribution is -2.29. The molecular weight excluding hydrogens is 222 g/mol. The minimum Gasteiger partial charge on any atom is -0.480 e. The van der Waals surface area contributed by atoms with E-state index in [4.69, 9.17) is 10.2 Å². The molecule has 98 valence electrons. The number of aliphatic carboxylic acids is 2. The largest absolute Gasteiger partial charge is 0.480 e. The number of carboxylic acids is 2. The van der Waals surface area contributed by atoms with Gasteiger partial charge in [0.25, 0.3) is 0 Å². The predicted molar refractivity (Wildman–Crippen MR) is 64.7 cm³/mol. The van der Waals surface area contributed by atoms with Gasteiger partial charge in [-0.25, -0.2) is 0 Å². The number of allylic oxidation sites excluding steroid dienone is 1. The molecule has 0 rings (SSSR count). The molecule has 0 aliphatic heterocycles. The van der Waals surface area contributed by atoms with Gasteiger partial charge in [0.15, 0.2) is 0 Å². The zero-order valence-electron chi connectivity index (χ0n) is 10.3. The molecule has 0 aromatic carbocycles. The first-order valence-electron chi connectivity index (χ1n) is 5.90. The van der Waals surface area contributed by atoms with Crippen molar-refractivity contribution in [3.63, 3.8) is 0 Å². The Kier molecular flexibility index (Phi) is 8.82. The highest BCUT2D eigenvalue weighted by Gasteiger charge is 2.08. The standard InChI is InChI=1S/C12H21NO4/c1-2-3-4-5-6-7-8-13(9-11(14)15)10-12(16)17/h7-8H,2-6,9-10H2,1H3,(H,14,15)(H,16,17)/b8-7+. The molecule has 0 bridgehead atoms. The van der Waals surface area contributed by atoms with Crippen LogP contribution in [-0.4, -0.2) is 40.1 Å². The maximum absolute atomic E-state index is 10.5. The third-order valence-electron chi connectivity index (χ3n) is 2.22. The van der Waals surface area contributed by atoms with Crippen LogP contribution in [0.5, 0.6) is 0 Å². The number of carboxylic acid groups (broad SMARTS) is 2. The van der Waals surface area contributed by atoms with Crippen molar-refractivity contribution in [2.24, 2.45) is 0 Å². The Morgan fingerprint density at radius 2 is 1.65 bits per heavy atom. The Morgan fingerprint density at radius 3 is 2.12 bits per heavy atom. The van der Waals surface area contributed by atoms with Crippen molar-refractivity contribution in [3.05, 3.63) is 12.3 Å². The first kappa shape index (κ1) is 15.5. The van der Waals surface area contributed by atoms with E-state index in [0.29, 0.717) is 0 Å². The lowest BCUT2D eigenvalue weighted by molar-refractivity contribution is -0.140. The quantitative estimate of drug-likeness (QED) is 0.573. The Balaban J connectivity index is 3.91. The number of nitrogens with zero attached hydrogens (tertiary/aromatic N) is 1. The summed E-state index contributed by atoms with van der Waals surface area (Å²) in [6, 6.07) is 0. The van der Waals surface area contributed by atoms with Crippen LogP contribution in [0.3, 0.4) is 0 Å². The summed E-state index contributed by atoms with van der Waals surface area (Å²) in [5.74, 6) is -2.05. The van der Waals surface area contributed by atoms with E-state index < -0.39 is 11.9 Å². The normalized spacial score (nSPS) is 10.6. The van der Waals surface area contributed by atoms with Gasteiger partial charge in [0, 0.05) is 0 Å². The molecule has 0 heterocycles. The lowest BCUT2D eigenvalue weighted by Gasteiger charge is -2.14. The van der Waals surface area contributed by atoms with Crippen molar-refractivity contribution >= 4 is 11.9 Å². The molecule has 17 heavy (non-hydrogen) atoms. The summed E-state index contributed by atoms with van der Waals surface area (Å²) < 4.78 is 0. The Bertz CT molecular complexity index is 247. The van der Waals surface area contributed by atoms with E-state index in [1.54, 1.807) is 6.20 Å². The number of hydrogen-bond donors (Lipinski definition) is 2. The van der Waals surface area contributed by atoms with Crippen molar-refractivity contribution in [3.8, 4) is 0 Å². The molecule has 0 saturated carbocycles. The van der Waals surface area contributed by atoms with Crippen molar-refractivity contribution in [1.29, 1.82) is 0 Å². The molecule has 0 aliphatic carbocycles. The van der Waals surface area contributed by atoms with Crippen LogP contribution in [0.2, 0.25) is 0 Å². The van der Waals surface area contributed by atoms with Gasteiger partial charge in [-0.2, -0.15) is 0 Å². The van der Waals surface area contributed by atoms with E-state index in [2.05, 4.69) is 6.92 Å². The van der Waals surface area contributed by atoms with E-state index in [1.165, 1.54) is 17.7 Å². The van der Waals surface area contributed by atoms with Gasteiger partial charge in [-0.3, -0.25) is 9.59 Å². The van der Waals surface area contributed by atoms with Crippen molar-refractivity contribution in [2.45, 2.75) is 39.0 Å². The van der Waals surface area contributed by atoms with Crippen LogP contribution in [0.15, 0.2) is 12.3 Å². The van der Waals surface area contributed by atoms with Crippen LogP contribution in [-0.2, 0) is 9.59 Å². The van der Waals surface area contributed by atoms with E-state index in [9.17, 15) is 9.59 Å². The summed E-state index contributed by atoms with van der Waals surface area (Å²) in [5.41, 5.74) is 0. The molecule has 0 saturated heterocycles. The summed E-state index contributed by atoms with van der Waals surface area (Å²) in [6.45, 7) is 1.58. The summed E-state index contributed by atoms with van der Waals surface area (Å²) in [4.78, 5) is 22.3. The topological polar surface area (TPSA) is 77.8 Å². The molecule has 0 amide bonds. The molecule has 0 aromatic heterocycles. The molecule has 0 aromatic rings. The minimum atomic E-state index is -1.03. The lowest BCUT2D eigenvalue weighted by atomic mass is 10.1. The monoisotopic (exact) mass is 243 g/mol. The molecule has 5 heteroatoms. The first-order valence-corrected chi connectivity index (χ1v) is 5.90. The maximum atomic E-state index is 10.5. The first-order chi connectivity index (χ1) is 8.06. The van der Waals surface area contributed by atoms with Gasteiger partial charge in [-0.05, 0) is 19.0 Å². The van der Waals surface area contributed by atoms with Crippen LogP contribution in [0.25, 0.3) is 0 Å². The Morgan fingerprint density at radius 1 is 1.06 bits per heavy atom. The average Bonchev–Trinajstić information content (AvgIpc) is 2.21. The van der Waals surface area contributed by atoms with Gasteiger partial charge in [0.1, 0.15) is 13.1 Å². The molecule has 0 fully saturated rings. The molecule has 0 radical (unpaired) electrons. The summed E-state index contributed by atoms with van der Waals surface area (Å²) >= 11 is 0. The third kappa shape index (κ3) is 10.8. The second-order valence-electron chi connectivity index (χ2n) is 3.93. The molecule has 0 unspecified atom stereocenters. The zero-order valence-corrected chi connectivity index (χ0v) is 10.3. The minimum absolute atomic E-state index is 0.280. The highest BCUT2D eigenvalue weighted by Crippen LogP contribution is 2.03. The van der Waals surface area contributed by atoms with Crippen molar-refractivity contribution in [2.75, 3.05) is 13.1 Å². The Labute approximate surface area is 102 Å². The van der Waals surface area contributed by atoms with E-state index in [1.807, 2.05) is 6.08 Å². The molecule has 5 nitrogen and oxygen atoms in total. The number of unbranched alkanes of at least 4 members (excludes halogenated alkanes) is 4. The third-order valence-corrected chi connectivity index (χ3v) is 2.22. The highest BCUT2D eigenvalue weighted by molar-refractivity contribution is 5.72. The van der Waals surface area contributed by atoms with Gasteiger partial charge in [-0.15, -0.1) is 0 Å². The fraction of sp³-hybridized carbons (Fsp3) is 0.667. The van der Waals surface area contributed by atoms with Gasteiger partial charge >= 0.3 is 11.9 Å². The Hall–Kier alpha value is -1.52. The van der Waals surface area contributed by atoms with E-state index >= 15 is 0 Å². The summed E-state index contributed by atoms with van der Waals surface area (Å²) in [7, 11) is 0. The smallest absolute Gasteiger partial charge is 0.323 e. The van der Waals surface area contributed by atoms with Gasteiger partial charge in [0.2, 0.25) is 0 Å². The molecule has 0 aliphatic rings. The predicted octanol–water partition coefficient (Wildman–Crippen LogP) is 1.94. The molecule has 0 atom stereocenters. The fourth-order valence-electron chi connectivity index (χ4n) is 1.42. The van der Waals surface area contributed by atoms with Gasteiger partial charge < -0.3 is 15.1 Å². The summed E-state index contributed by atoms with van der Waals surface area (Å²) in [6.07, 6.45) is 8.83. The van der Waals surface area contributed by atoms with Crippen LogP contribution in [0.4, 0.5) is 0 Å². The number of rotatable bonds is 10. The second-order valence-corrected chi connectivity index (χ2v) is 3.93. The van der Waals surface area contributed by atoms with Crippen LogP contribution in [0, 0.1) is 0 Å². The van der Waals surface area contributed by atoms with E-state index in [-0.39, 0.29) is 13.1 Å². The van der Waals surface area contributed by atoms with Crippen LogP contribution in [0.1, 0.15) is 39.0 Å². The van der Waals surface area contributed by atoms with Crippen molar-refractivity contribution < 1.29 is 19.8 Å². The molecular formula is C12H21NO4.